The Balaban J connectivity index is 2.56. The molecule has 2 nitrogen and oxygen atoms in total. The van der Waals surface area contributed by atoms with Gasteiger partial charge in [-0.25, -0.2) is 0 Å². The number of unbranched alkanes of at least 4 members (excludes halogenated alkanes) is 1. The highest BCUT2D eigenvalue weighted by molar-refractivity contribution is 5.46. The Morgan fingerprint density at radius 1 is 1.38 bits per heavy atom. The molecule has 0 saturated carbocycles. The molecule has 0 heterocycles. The first kappa shape index (κ1) is 13.0. The van der Waals surface area contributed by atoms with E-state index in [4.69, 9.17) is 5.73 Å². The molecule has 0 spiro atoms. The zero-order chi connectivity index (χ0) is 11.8. The lowest BCUT2D eigenvalue weighted by atomic mass is 9.97. The third kappa shape index (κ3) is 4.23. The number of hydrogen-bond donors (Lipinski definition) is 2. The fraction of sp³-hybridized carbons (Fsp3) is 0.571. The molecule has 0 fully saturated rings. The molecule has 16 heavy (non-hydrogen) atoms. The van der Waals surface area contributed by atoms with Gasteiger partial charge in [-0.2, -0.15) is 0 Å². The fourth-order valence-electron chi connectivity index (χ4n) is 1.78. The van der Waals surface area contributed by atoms with Crippen LogP contribution in [-0.4, -0.2) is 13.1 Å². The maximum atomic E-state index is 5.59. The van der Waals surface area contributed by atoms with Gasteiger partial charge in [0.1, 0.15) is 0 Å². The Bertz CT molecular complexity index is 297. The highest BCUT2D eigenvalue weighted by Crippen LogP contribution is 2.21. The van der Waals surface area contributed by atoms with E-state index in [0.29, 0.717) is 5.92 Å². The number of hydrogen-bond acceptors (Lipinski definition) is 2. The summed E-state index contributed by atoms with van der Waals surface area (Å²) in [5.41, 5.74) is 8.20. The predicted molar refractivity (Wildman–Crippen MR) is 71.9 cm³/mol. The predicted octanol–water partition coefficient (Wildman–Crippen LogP) is 3.35. The summed E-state index contributed by atoms with van der Waals surface area (Å²) >= 11 is 0. The summed E-state index contributed by atoms with van der Waals surface area (Å²) in [6, 6.07) is 8.69. The van der Waals surface area contributed by atoms with Crippen molar-refractivity contribution >= 4 is 5.69 Å². The van der Waals surface area contributed by atoms with E-state index >= 15 is 0 Å². The molecular formula is C14H24N2. The van der Waals surface area contributed by atoms with Crippen LogP contribution in [0.25, 0.3) is 0 Å². The van der Waals surface area contributed by atoms with E-state index in [-0.39, 0.29) is 0 Å². The smallest absolute Gasteiger partial charge is 0.0343 e. The minimum atomic E-state index is 0.554. The van der Waals surface area contributed by atoms with Crippen LogP contribution < -0.4 is 11.1 Å². The lowest BCUT2D eigenvalue weighted by Gasteiger charge is -2.13. The van der Waals surface area contributed by atoms with Gasteiger partial charge in [0.25, 0.3) is 0 Å². The zero-order valence-corrected chi connectivity index (χ0v) is 10.5. The van der Waals surface area contributed by atoms with Crippen LogP contribution >= 0.6 is 0 Å². The van der Waals surface area contributed by atoms with Crippen molar-refractivity contribution in [2.24, 2.45) is 5.73 Å². The Morgan fingerprint density at radius 3 is 2.88 bits per heavy atom. The standard InChI is InChI=1S/C14H24N2/c1-3-4-10-16-14-7-5-6-13(11-14)12(2)8-9-15/h5-7,11-12,16H,3-4,8-10,15H2,1-2H3. The number of nitrogens with two attached hydrogens (primary N) is 1. The van der Waals surface area contributed by atoms with Crippen molar-refractivity contribution in [3.05, 3.63) is 29.8 Å². The second kappa shape index (κ2) is 7.29. The van der Waals surface area contributed by atoms with E-state index in [1.807, 2.05) is 0 Å². The van der Waals surface area contributed by atoms with E-state index in [9.17, 15) is 0 Å². The van der Waals surface area contributed by atoms with Gasteiger partial charge in [0.05, 0.1) is 0 Å². The van der Waals surface area contributed by atoms with Crippen LogP contribution in [0.3, 0.4) is 0 Å². The van der Waals surface area contributed by atoms with Gasteiger partial charge < -0.3 is 11.1 Å². The highest BCUT2D eigenvalue weighted by Gasteiger charge is 2.04. The molecule has 0 aromatic heterocycles. The summed E-state index contributed by atoms with van der Waals surface area (Å²) in [6.45, 7) is 6.26. The summed E-state index contributed by atoms with van der Waals surface area (Å²) in [7, 11) is 0. The zero-order valence-electron chi connectivity index (χ0n) is 10.5. The molecule has 3 N–H and O–H groups in total. The lowest BCUT2D eigenvalue weighted by molar-refractivity contribution is 0.690. The summed E-state index contributed by atoms with van der Waals surface area (Å²) in [5.74, 6) is 0.554. The molecule has 0 bridgehead atoms. The van der Waals surface area contributed by atoms with E-state index in [1.54, 1.807) is 0 Å². The van der Waals surface area contributed by atoms with Crippen LogP contribution in [0.4, 0.5) is 5.69 Å². The first-order chi connectivity index (χ1) is 7.77. The van der Waals surface area contributed by atoms with Crippen molar-refractivity contribution < 1.29 is 0 Å². The third-order valence-corrected chi connectivity index (χ3v) is 2.91. The van der Waals surface area contributed by atoms with E-state index in [2.05, 4.69) is 43.4 Å². The normalized spacial score (nSPS) is 12.4. The van der Waals surface area contributed by atoms with Gasteiger partial charge in [0, 0.05) is 12.2 Å². The molecule has 0 saturated heterocycles. The maximum Gasteiger partial charge on any atom is 0.0343 e. The lowest BCUT2D eigenvalue weighted by Crippen LogP contribution is -2.05. The van der Waals surface area contributed by atoms with E-state index in [0.717, 1.165) is 19.5 Å². The van der Waals surface area contributed by atoms with E-state index in [1.165, 1.54) is 24.1 Å². The number of anilines is 1. The van der Waals surface area contributed by atoms with Crippen molar-refractivity contribution in [3.63, 3.8) is 0 Å². The summed E-state index contributed by atoms with van der Waals surface area (Å²) < 4.78 is 0. The van der Waals surface area contributed by atoms with Gasteiger partial charge in [-0.15, -0.1) is 0 Å². The fourth-order valence-corrected chi connectivity index (χ4v) is 1.78. The van der Waals surface area contributed by atoms with Gasteiger partial charge in [-0.05, 0) is 43.0 Å². The molecule has 0 amide bonds. The third-order valence-electron chi connectivity index (χ3n) is 2.91. The Kier molecular flexibility index (Phi) is 5.94. The second-order valence-electron chi connectivity index (χ2n) is 4.38. The molecular weight excluding hydrogens is 196 g/mol. The summed E-state index contributed by atoms with van der Waals surface area (Å²) in [4.78, 5) is 0. The molecule has 1 atom stereocenters. The molecule has 0 radical (unpaired) electrons. The van der Waals surface area contributed by atoms with Crippen molar-refractivity contribution in [2.75, 3.05) is 18.4 Å². The van der Waals surface area contributed by atoms with Crippen molar-refractivity contribution in [3.8, 4) is 0 Å². The van der Waals surface area contributed by atoms with Gasteiger partial charge >= 0.3 is 0 Å². The monoisotopic (exact) mass is 220 g/mol. The Labute approximate surface area is 99.2 Å². The molecule has 90 valence electrons. The Hall–Kier alpha value is -1.02. The van der Waals surface area contributed by atoms with Gasteiger partial charge in [-0.1, -0.05) is 32.4 Å². The first-order valence-corrected chi connectivity index (χ1v) is 6.31. The van der Waals surface area contributed by atoms with Gasteiger partial charge in [-0.3, -0.25) is 0 Å². The van der Waals surface area contributed by atoms with Crippen LogP contribution in [0.5, 0.6) is 0 Å². The largest absolute Gasteiger partial charge is 0.385 e. The first-order valence-electron chi connectivity index (χ1n) is 6.31. The minimum Gasteiger partial charge on any atom is -0.385 e. The molecule has 1 unspecified atom stereocenters. The number of rotatable bonds is 7. The van der Waals surface area contributed by atoms with Crippen LogP contribution in [-0.2, 0) is 0 Å². The average Bonchev–Trinajstić information content (AvgIpc) is 2.30. The summed E-state index contributed by atoms with van der Waals surface area (Å²) in [6.07, 6.45) is 3.51. The molecule has 2 heteroatoms. The summed E-state index contributed by atoms with van der Waals surface area (Å²) in [5, 5.41) is 3.45. The number of nitrogens with one attached hydrogen (secondary N) is 1. The van der Waals surface area contributed by atoms with Gasteiger partial charge in [0.15, 0.2) is 0 Å². The van der Waals surface area contributed by atoms with Crippen LogP contribution in [0.15, 0.2) is 24.3 Å². The maximum absolute atomic E-state index is 5.59. The number of benzene rings is 1. The minimum absolute atomic E-state index is 0.554. The van der Waals surface area contributed by atoms with Crippen molar-refractivity contribution in [1.82, 2.24) is 0 Å². The molecule has 1 aromatic rings. The van der Waals surface area contributed by atoms with Crippen LogP contribution in [0, 0.1) is 0 Å². The Morgan fingerprint density at radius 2 is 2.19 bits per heavy atom. The molecule has 1 rings (SSSR count). The molecule has 0 aliphatic carbocycles. The van der Waals surface area contributed by atoms with Crippen LogP contribution in [0.1, 0.15) is 44.6 Å². The SMILES string of the molecule is CCCCNc1cccc(C(C)CCN)c1. The highest BCUT2D eigenvalue weighted by atomic mass is 14.9. The molecule has 0 aliphatic heterocycles. The second-order valence-corrected chi connectivity index (χ2v) is 4.38. The quantitative estimate of drug-likeness (QED) is 0.692. The van der Waals surface area contributed by atoms with Crippen molar-refractivity contribution in [1.29, 1.82) is 0 Å². The van der Waals surface area contributed by atoms with Crippen molar-refractivity contribution in [2.45, 2.75) is 39.0 Å². The van der Waals surface area contributed by atoms with Crippen LogP contribution in [0.2, 0.25) is 0 Å². The van der Waals surface area contributed by atoms with Gasteiger partial charge in [0.2, 0.25) is 0 Å². The topological polar surface area (TPSA) is 38.0 Å². The average molecular weight is 220 g/mol. The molecule has 0 aliphatic rings. The van der Waals surface area contributed by atoms with E-state index < -0.39 is 0 Å². The molecule has 1 aromatic carbocycles.